The molecular weight excluding hydrogens is 769 g/mol. The van der Waals surface area contributed by atoms with Crippen LogP contribution in [0.4, 0.5) is 4.79 Å². The van der Waals surface area contributed by atoms with E-state index in [0.29, 0.717) is 49.5 Å². The lowest BCUT2D eigenvalue weighted by Crippen LogP contribution is -2.70. The zero-order chi connectivity index (χ0) is 42.6. The van der Waals surface area contributed by atoms with E-state index in [4.69, 9.17) is 28.9 Å². The highest BCUT2D eigenvalue weighted by Gasteiger charge is 2.65. The number of fused-ring (bicyclic) bond motifs is 2. The van der Waals surface area contributed by atoms with Gasteiger partial charge in [-0.15, -0.1) is 6.58 Å². The second kappa shape index (κ2) is 20.9. The molecule has 10 heteroatoms. The third-order valence-corrected chi connectivity index (χ3v) is 12.3. The number of benzene rings is 4. The van der Waals surface area contributed by atoms with Crippen molar-refractivity contribution in [3.63, 3.8) is 0 Å². The molecule has 0 radical (unpaired) electrons. The van der Waals surface area contributed by atoms with Gasteiger partial charge < -0.3 is 34.0 Å². The van der Waals surface area contributed by atoms with Crippen molar-refractivity contribution in [3.8, 4) is 28.4 Å². The molecule has 4 aromatic rings. The van der Waals surface area contributed by atoms with E-state index in [1.165, 1.54) is 7.11 Å². The minimum absolute atomic E-state index is 0.0803. The van der Waals surface area contributed by atoms with Gasteiger partial charge in [0.25, 0.3) is 0 Å². The number of aliphatic hydroxyl groups excluding tert-OH is 2. The maximum Gasteiger partial charge on any atom is 0.409 e. The number of ether oxygens (including phenoxy) is 4. The summed E-state index contributed by atoms with van der Waals surface area (Å²) in [5, 5.41) is 24.8. The normalized spacial score (nSPS) is 23.2. The van der Waals surface area contributed by atoms with Crippen LogP contribution in [0.5, 0.6) is 17.2 Å². The number of hydrogen-bond acceptors (Lipinski definition) is 9. The first kappa shape index (κ1) is 43.7. The van der Waals surface area contributed by atoms with Gasteiger partial charge in [-0.05, 0) is 96.5 Å². The first-order chi connectivity index (χ1) is 29.9. The lowest BCUT2D eigenvalue weighted by molar-refractivity contribution is -0.255. The van der Waals surface area contributed by atoms with Gasteiger partial charge in [0, 0.05) is 37.7 Å². The Kier molecular flexibility index (Phi) is 15.0. The van der Waals surface area contributed by atoms with Crippen molar-refractivity contribution < 1.29 is 38.8 Å². The van der Waals surface area contributed by atoms with Crippen LogP contribution in [0.2, 0.25) is 0 Å². The Morgan fingerprint density at radius 1 is 0.902 bits per heavy atom. The molecule has 1 fully saturated rings. The van der Waals surface area contributed by atoms with Crippen molar-refractivity contribution in [1.82, 2.24) is 4.90 Å². The monoisotopic (exact) mass is 828 g/mol. The van der Waals surface area contributed by atoms with Gasteiger partial charge in [-0.2, -0.15) is 0 Å². The molecule has 0 bridgehead atoms. The van der Waals surface area contributed by atoms with E-state index in [9.17, 15) is 15.0 Å². The summed E-state index contributed by atoms with van der Waals surface area (Å²) in [6.45, 7) is 7.14. The highest BCUT2D eigenvalue weighted by atomic mass is 16.7. The molecule has 6 atom stereocenters. The zero-order valence-corrected chi connectivity index (χ0v) is 35.5. The molecule has 2 N–H and O–H groups in total. The molecule has 0 unspecified atom stereocenters. The first-order valence-corrected chi connectivity index (χ1v) is 21.9. The smallest absolute Gasteiger partial charge is 0.409 e. The van der Waals surface area contributed by atoms with Crippen molar-refractivity contribution in [2.24, 2.45) is 22.9 Å². The fourth-order valence-electron chi connectivity index (χ4n) is 9.69. The Morgan fingerprint density at radius 3 is 2.28 bits per heavy atom. The summed E-state index contributed by atoms with van der Waals surface area (Å²) < 4.78 is 26.4. The van der Waals surface area contributed by atoms with E-state index in [-0.39, 0.29) is 44.2 Å². The molecule has 1 heterocycles. The molecule has 3 aliphatic rings. The van der Waals surface area contributed by atoms with Crippen LogP contribution in [0.3, 0.4) is 0 Å². The van der Waals surface area contributed by atoms with Gasteiger partial charge in [0.05, 0.1) is 25.3 Å². The van der Waals surface area contributed by atoms with Gasteiger partial charge >= 0.3 is 6.09 Å². The summed E-state index contributed by atoms with van der Waals surface area (Å²) >= 11 is 0. The van der Waals surface area contributed by atoms with Crippen LogP contribution in [0.15, 0.2) is 133 Å². The molecule has 1 aliphatic heterocycles. The topological polar surface area (TPSA) is 119 Å². The number of amides is 1. The summed E-state index contributed by atoms with van der Waals surface area (Å²) in [5.74, 6) is 0.244. The number of nitrogens with zero attached hydrogens (tertiary/aromatic N) is 2. The number of hydrogen-bond donors (Lipinski definition) is 2. The molecule has 1 saturated carbocycles. The average Bonchev–Trinajstić information content (AvgIpc) is 3.29. The van der Waals surface area contributed by atoms with Crippen molar-refractivity contribution in [1.29, 1.82) is 0 Å². The van der Waals surface area contributed by atoms with Crippen LogP contribution in [0.1, 0.15) is 75.3 Å². The molecule has 322 valence electrons. The van der Waals surface area contributed by atoms with E-state index >= 15 is 0 Å². The Labute approximate surface area is 360 Å². The third-order valence-electron chi connectivity index (χ3n) is 12.3. The summed E-state index contributed by atoms with van der Waals surface area (Å²) in [6, 6.07) is 33.6. The Morgan fingerprint density at radius 2 is 1.59 bits per heavy atom. The second-order valence-corrected chi connectivity index (χ2v) is 16.2. The van der Waals surface area contributed by atoms with E-state index in [1.54, 1.807) is 11.0 Å². The summed E-state index contributed by atoms with van der Waals surface area (Å²) in [5.41, 5.74) is 5.91. The van der Waals surface area contributed by atoms with Crippen LogP contribution in [0.25, 0.3) is 11.1 Å². The van der Waals surface area contributed by atoms with Gasteiger partial charge in [-0.1, -0.05) is 110 Å². The highest BCUT2D eigenvalue weighted by molar-refractivity contribution is 6.03. The third kappa shape index (κ3) is 9.72. The number of carbonyl (C=O) groups is 1. The number of aliphatic hydroxyl groups is 2. The van der Waals surface area contributed by atoms with Crippen molar-refractivity contribution in [2.45, 2.75) is 82.6 Å². The Hall–Kier alpha value is -5.42. The molecule has 61 heavy (non-hydrogen) atoms. The molecule has 0 aromatic heterocycles. The molecule has 1 amide bonds. The maximum atomic E-state index is 13.9. The number of oxime groups is 1. The minimum atomic E-state index is -1.36. The van der Waals surface area contributed by atoms with Crippen LogP contribution in [-0.2, 0) is 20.9 Å². The summed E-state index contributed by atoms with van der Waals surface area (Å²) in [7, 11) is 1.40. The van der Waals surface area contributed by atoms with E-state index in [0.717, 1.165) is 59.2 Å². The fourth-order valence-corrected chi connectivity index (χ4v) is 9.69. The molecular formula is C51H60N2O8. The zero-order valence-electron chi connectivity index (χ0n) is 35.5. The Bertz CT molecular complexity index is 2110. The van der Waals surface area contributed by atoms with Crippen molar-refractivity contribution in [2.75, 3.05) is 33.5 Å². The lowest BCUT2D eigenvalue weighted by atomic mass is 9.55. The largest absolute Gasteiger partial charge is 0.459 e. The minimum Gasteiger partial charge on any atom is -0.459 e. The summed E-state index contributed by atoms with van der Waals surface area (Å²) in [6.07, 6.45) is 9.27. The van der Waals surface area contributed by atoms with Gasteiger partial charge in [-0.25, -0.2) is 4.79 Å². The van der Waals surface area contributed by atoms with Crippen LogP contribution in [-0.4, -0.2) is 72.2 Å². The van der Waals surface area contributed by atoms with Gasteiger partial charge in [0.1, 0.15) is 29.9 Å². The van der Waals surface area contributed by atoms with Crippen molar-refractivity contribution >= 4 is 11.8 Å². The second-order valence-electron chi connectivity index (χ2n) is 16.2. The van der Waals surface area contributed by atoms with Gasteiger partial charge in [0.15, 0.2) is 0 Å². The van der Waals surface area contributed by atoms with E-state index in [2.05, 4.69) is 43.0 Å². The average molecular weight is 829 g/mol. The number of carbonyl (C=O) groups excluding carboxylic acids is 1. The standard InChI is InChI=1S/C51H60N2O8/c1-4-28-53(50(56)57-3)47-34-45(52-59-35-36-16-8-6-9-17-36)43-32-39(20-12-14-29-54)42(21-13-15-30-55)48-44-33-41(26-27-46(44)61-51(47,49(43)48)58-31-5-2)60-40-24-22-38(23-25-40)37-18-10-7-11-19-37/h5-11,16-19,22-27,32-33,39,42,47-49,54-55H,2,4,12-15,20-21,28-31,34-35H2,1,3H3/t39-,42+,47-,48+,49+,51+/m0/s1. The quantitative estimate of drug-likeness (QED) is 0.0514. The predicted octanol–water partition coefficient (Wildman–Crippen LogP) is 10.5. The van der Waals surface area contributed by atoms with Gasteiger partial charge in [-0.3, -0.25) is 4.90 Å². The maximum absolute atomic E-state index is 13.9. The fraction of sp³-hybridized carbons (Fsp3) is 0.412. The van der Waals surface area contributed by atoms with E-state index in [1.807, 2.05) is 79.7 Å². The SMILES string of the molecule is C=CCO[C@@]12Oc3ccc(Oc4ccc(-c5ccccc5)cc4)cc3[C@H]3[C@H](CCCCO)[C@@H](CCCCO)C=C(C(=NOCc4ccccc4)C[C@@H]1N(CCC)C(=O)OC)[C@H]32. The highest BCUT2D eigenvalue weighted by Crippen LogP contribution is 2.62. The predicted molar refractivity (Wildman–Crippen MR) is 238 cm³/mol. The number of methoxy groups -OCH3 is 1. The molecule has 7 rings (SSSR count). The number of rotatable bonds is 20. The molecule has 10 nitrogen and oxygen atoms in total. The first-order valence-electron chi connectivity index (χ1n) is 21.9. The van der Waals surface area contributed by atoms with Crippen LogP contribution >= 0.6 is 0 Å². The molecule has 4 aromatic carbocycles. The van der Waals surface area contributed by atoms with Crippen molar-refractivity contribution in [3.05, 3.63) is 139 Å². The lowest BCUT2D eigenvalue weighted by Gasteiger charge is -2.59. The van der Waals surface area contributed by atoms with Crippen LogP contribution in [0, 0.1) is 17.8 Å². The van der Waals surface area contributed by atoms with Gasteiger partial charge in [0.2, 0.25) is 5.79 Å². The van der Waals surface area contributed by atoms with Crippen LogP contribution < -0.4 is 9.47 Å². The summed E-state index contributed by atoms with van der Waals surface area (Å²) in [4.78, 5) is 21.8. The number of unbranched alkanes of at least 4 members (excludes halogenated alkanes) is 2. The Balaban J connectivity index is 1.39. The van der Waals surface area contributed by atoms with E-state index < -0.39 is 23.8 Å². The molecule has 0 spiro atoms. The molecule has 2 aliphatic carbocycles. The number of allylic oxidation sites excluding steroid dienone is 1. The molecule has 0 saturated heterocycles.